The number of nitriles is 1. The number of aromatic nitrogens is 2. The van der Waals surface area contributed by atoms with Crippen LogP contribution in [0.25, 0.3) is 21.8 Å². The van der Waals surface area contributed by atoms with Crippen molar-refractivity contribution in [1.29, 1.82) is 5.26 Å². The molecule has 4 aromatic rings. The Bertz CT molecular complexity index is 1430. The first-order valence-electron chi connectivity index (χ1n) is 9.76. The van der Waals surface area contributed by atoms with E-state index < -0.39 is 21.9 Å². The molecule has 2 heterocycles. The Morgan fingerprint density at radius 1 is 0.938 bits per heavy atom. The molecule has 2 aromatic heterocycles. The third-order valence-electron chi connectivity index (χ3n) is 5.88. The Kier molecular flexibility index (Phi) is 5.12. The van der Waals surface area contributed by atoms with E-state index in [2.05, 4.69) is 0 Å². The molecule has 0 aliphatic carbocycles. The number of fused-ring (bicyclic) bond motifs is 2. The molecule has 32 heavy (non-hydrogen) atoms. The molecule has 162 valence electrons. The van der Waals surface area contributed by atoms with Crippen molar-refractivity contribution in [2.24, 2.45) is 14.1 Å². The molecule has 2 unspecified atom stereocenters. The zero-order chi connectivity index (χ0) is 23.2. The molecule has 10 nitrogen and oxygen atoms in total. The SMILES string of the molecule is Cn1ccc2c(CC(O)C(C#N)c3c([N+](=O)[O-])ccc4c3ccn4C)c([N+](=O)[O-])ccc21. The van der Waals surface area contributed by atoms with E-state index in [4.69, 9.17) is 0 Å². The van der Waals surface area contributed by atoms with Crippen LogP contribution in [-0.4, -0.2) is 30.2 Å². The zero-order valence-electron chi connectivity index (χ0n) is 17.3. The van der Waals surface area contributed by atoms with Crippen molar-refractivity contribution in [1.82, 2.24) is 9.13 Å². The molecule has 0 fully saturated rings. The van der Waals surface area contributed by atoms with E-state index in [9.17, 15) is 30.6 Å². The molecule has 1 N–H and O–H groups in total. The highest BCUT2D eigenvalue weighted by molar-refractivity contribution is 5.89. The molecule has 4 rings (SSSR count). The lowest BCUT2D eigenvalue weighted by molar-refractivity contribution is -0.385. The van der Waals surface area contributed by atoms with E-state index in [1.807, 2.05) is 6.07 Å². The summed E-state index contributed by atoms with van der Waals surface area (Å²) >= 11 is 0. The highest BCUT2D eigenvalue weighted by Crippen LogP contribution is 2.38. The molecule has 0 amide bonds. The molecule has 2 atom stereocenters. The number of nitro groups is 2. The van der Waals surface area contributed by atoms with Gasteiger partial charge in [0.15, 0.2) is 0 Å². The molecule has 0 aliphatic rings. The van der Waals surface area contributed by atoms with E-state index >= 15 is 0 Å². The number of rotatable bonds is 6. The van der Waals surface area contributed by atoms with Crippen molar-refractivity contribution < 1.29 is 15.0 Å². The second-order valence-corrected chi connectivity index (χ2v) is 7.67. The van der Waals surface area contributed by atoms with Gasteiger partial charge in [-0.25, -0.2) is 0 Å². The lowest BCUT2D eigenvalue weighted by atomic mass is 9.86. The molecule has 0 radical (unpaired) electrons. The van der Waals surface area contributed by atoms with Gasteiger partial charge in [-0.15, -0.1) is 0 Å². The van der Waals surface area contributed by atoms with Crippen LogP contribution in [0.4, 0.5) is 11.4 Å². The van der Waals surface area contributed by atoms with E-state index in [0.717, 1.165) is 5.52 Å². The molecule has 0 spiro atoms. The van der Waals surface area contributed by atoms with Crippen LogP contribution in [-0.2, 0) is 20.5 Å². The first-order valence-corrected chi connectivity index (χ1v) is 9.76. The number of aliphatic hydroxyl groups is 1. The first kappa shape index (κ1) is 21.0. The second kappa shape index (κ2) is 7.79. The lowest BCUT2D eigenvalue weighted by Crippen LogP contribution is -2.22. The maximum absolute atomic E-state index is 11.7. The van der Waals surface area contributed by atoms with E-state index in [1.54, 1.807) is 59.9 Å². The molecule has 0 saturated carbocycles. The van der Waals surface area contributed by atoms with Crippen LogP contribution in [0.2, 0.25) is 0 Å². The van der Waals surface area contributed by atoms with E-state index in [-0.39, 0.29) is 28.9 Å². The smallest absolute Gasteiger partial charge is 0.274 e. The average molecular weight is 433 g/mol. The van der Waals surface area contributed by atoms with Gasteiger partial charge < -0.3 is 14.2 Å². The summed E-state index contributed by atoms with van der Waals surface area (Å²) in [5.74, 6) is -1.26. The summed E-state index contributed by atoms with van der Waals surface area (Å²) in [6, 6.07) is 11.3. The topological polar surface area (TPSA) is 140 Å². The maximum atomic E-state index is 11.7. The normalized spacial score (nSPS) is 13.2. The number of benzene rings is 2. The molecule has 0 saturated heterocycles. The summed E-state index contributed by atoms with van der Waals surface area (Å²) in [7, 11) is 3.57. The number of hydrogen-bond acceptors (Lipinski definition) is 6. The highest BCUT2D eigenvalue weighted by Gasteiger charge is 2.33. The first-order chi connectivity index (χ1) is 15.2. The summed E-state index contributed by atoms with van der Waals surface area (Å²) in [4.78, 5) is 22.2. The van der Waals surface area contributed by atoms with Crippen LogP contribution in [0.1, 0.15) is 17.0 Å². The number of aliphatic hydroxyl groups excluding tert-OH is 1. The monoisotopic (exact) mass is 433 g/mol. The number of nitrogens with zero attached hydrogens (tertiary/aromatic N) is 5. The van der Waals surface area contributed by atoms with Crippen LogP contribution in [0, 0.1) is 31.6 Å². The Morgan fingerprint density at radius 2 is 1.47 bits per heavy atom. The fourth-order valence-corrected chi connectivity index (χ4v) is 4.31. The van der Waals surface area contributed by atoms with Gasteiger partial charge in [0.25, 0.3) is 11.4 Å². The third-order valence-corrected chi connectivity index (χ3v) is 5.88. The standard InChI is InChI=1S/C22H19N5O5/c1-24-9-7-13-15(19(26(29)30)5-3-17(13)24)11-21(28)16(12-23)22-14-8-10-25(2)18(14)4-6-20(22)27(31)32/h3-10,16,21,28H,11H2,1-2H3. The lowest BCUT2D eigenvalue weighted by Gasteiger charge is -2.19. The van der Waals surface area contributed by atoms with Crippen LogP contribution in [0.3, 0.4) is 0 Å². The Morgan fingerprint density at radius 3 is 2.03 bits per heavy atom. The summed E-state index contributed by atoms with van der Waals surface area (Å²) in [5, 5.41) is 45.4. The molecular weight excluding hydrogens is 414 g/mol. The van der Waals surface area contributed by atoms with Gasteiger partial charge in [0.1, 0.15) is 5.92 Å². The van der Waals surface area contributed by atoms with E-state index in [0.29, 0.717) is 16.3 Å². The van der Waals surface area contributed by atoms with Crippen LogP contribution in [0.15, 0.2) is 48.8 Å². The molecule has 0 aliphatic heterocycles. The predicted octanol–water partition coefficient (Wildman–Crippen LogP) is 3.70. The molecule has 10 heteroatoms. The summed E-state index contributed by atoms with van der Waals surface area (Å²) < 4.78 is 3.56. The Balaban J connectivity index is 1.86. The van der Waals surface area contributed by atoms with Crippen LogP contribution < -0.4 is 0 Å². The fraction of sp³-hybridized carbons (Fsp3) is 0.227. The second-order valence-electron chi connectivity index (χ2n) is 7.67. The molecule has 0 bridgehead atoms. The van der Waals surface area contributed by atoms with Gasteiger partial charge in [0.2, 0.25) is 0 Å². The van der Waals surface area contributed by atoms with Gasteiger partial charge in [-0.1, -0.05) is 0 Å². The minimum Gasteiger partial charge on any atom is -0.391 e. The van der Waals surface area contributed by atoms with Crippen molar-refractivity contribution in [2.45, 2.75) is 18.4 Å². The van der Waals surface area contributed by atoms with Crippen molar-refractivity contribution in [3.63, 3.8) is 0 Å². The third kappa shape index (κ3) is 3.25. The van der Waals surface area contributed by atoms with Gasteiger partial charge in [-0.2, -0.15) is 5.26 Å². The molecular formula is C22H19N5O5. The number of hydrogen-bond donors (Lipinski definition) is 1. The predicted molar refractivity (Wildman–Crippen MR) is 117 cm³/mol. The summed E-state index contributed by atoms with van der Waals surface area (Å²) in [6.07, 6.45) is 1.85. The zero-order valence-corrected chi connectivity index (χ0v) is 17.3. The van der Waals surface area contributed by atoms with Gasteiger partial charge >= 0.3 is 0 Å². The number of nitro benzene ring substituents is 2. The summed E-state index contributed by atoms with van der Waals surface area (Å²) in [5.41, 5.74) is 1.35. The fourth-order valence-electron chi connectivity index (χ4n) is 4.31. The van der Waals surface area contributed by atoms with Crippen LogP contribution in [0.5, 0.6) is 0 Å². The van der Waals surface area contributed by atoms with E-state index in [1.165, 1.54) is 12.1 Å². The van der Waals surface area contributed by atoms with Crippen molar-refractivity contribution in [3.05, 3.63) is 80.1 Å². The largest absolute Gasteiger partial charge is 0.391 e. The van der Waals surface area contributed by atoms with Gasteiger partial charge in [0.05, 0.1) is 27.6 Å². The minimum absolute atomic E-state index is 0.103. The molecule has 2 aromatic carbocycles. The van der Waals surface area contributed by atoms with Crippen LogP contribution >= 0.6 is 0 Å². The van der Waals surface area contributed by atoms with Crippen molar-refractivity contribution in [2.75, 3.05) is 0 Å². The minimum atomic E-state index is -1.41. The average Bonchev–Trinajstić information content (AvgIpc) is 3.32. The maximum Gasteiger partial charge on any atom is 0.274 e. The van der Waals surface area contributed by atoms with Crippen molar-refractivity contribution in [3.8, 4) is 6.07 Å². The number of aryl methyl sites for hydroxylation is 2. The van der Waals surface area contributed by atoms with Gasteiger partial charge in [-0.3, -0.25) is 20.2 Å². The quantitative estimate of drug-likeness (QED) is 0.363. The highest BCUT2D eigenvalue weighted by atomic mass is 16.6. The Hall–Kier alpha value is -4.23. The van der Waals surface area contributed by atoms with Crippen molar-refractivity contribution >= 4 is 33.2 Å². The van der Waals surface area contributed by atoms with Gasteiger partial charge in [-0.05, 0) is 24.3 Å². The summed E-state index contributed by atoms with van der Waals surface area (Å²) in [6.45, 7) is 0. The Labute approximate surface area is 181 Å². The van der Waals surface area contributed by atoms with Gasteiger partial charge in [0, 0.05) is 72.4 Å².